The monoisotopic (exact) mass is 282 g/mol. The van der Waals surface area contributed by atoms with Crippen molar-refractivity contribution in [2.75, 3.05) is 13.1 Å². The highest BCUT2D eigenvalue weighted by Gasteiger charge is 2.39. The quantitative estimate of drug-likeness (QED) is 0.730. The molecule has 4 nitrogen and oxygen atoms in total. The van der Waals surface area contributed by atoms with Gasteiger partial charge in [0.1, 0.15) is 5.41 Å². The van der Waals surface area contributed by atoms with Crippen LogP contribution in [0.3, 0.4) is 0 Å². The van der Waals surface area contributed by atoms with Crippen molar-refractivity contribution in [3.63, 3.8) is 0 Å². The van der Waals surface area contributed by atoms with Crippen molar-refractivity contribution in [1.82, 2.24) is 10.2 Å². The van der Waals surface area contributed by atoms with Gasteiger partial charge in [-0.25, -0.2) is 0 Å². The SMILES string of the molecule is CCCN(CCC)C(=O)C(C)(C)C(=O)NC1CCCC1. The second-order valence-corrected chi connectivity index (χ2v) is 6.37. The van der Waals surface area contributed by atoms with E-state index in [1.807, 2.05) is 4.90 Å². The fraction of sp³-hybridized carbons (Fsp3) is 0.875. The van der Waals surface area contributed by atoms with Crippen LogP contribution < -0.4 is 5.32 Å². The summed E-state index contributed by atoms with van der Waals surface area (Å²) in [6.07, 6.45) is 6.29. The summed E-state index contributed by atoms with van der Waals surface area (Å²) in [6.45, 7) is 9.07. The summed E-state index contributed by atoms with van der Waals surface area (Å²) in [5.41, 5.74) is -0.965. The molecule has 0 aromatic heterocycles. The molecule has 2 amide bonds. The number of nitrogens with zero attached hydrogens (tertiary/aromatic N) is 1. The first-order chi connectivity index (χ1) is 9.43. The van der Waals surface area contributed by atoms with Crippen LogP contribution in [0, 0.1) is 5.41 Å². The van der Waals surface area contributed by atoms with E-state index in [0.717, 1.165) is 38.8 Å². The maximum Gasteiger partial charge on any atom is 0.237 e. The van der Waals surface area contributed by atoms with Crippen LogP contribution in [0.1, 0.15) is 66.2 Å². The van der Waals surface area contributed by atoms with Gasteiger partial charge < -0.3 is 10.2 Å². The highest BCUT2D eigenvalue weighted by Crippen LogP contribution is 2.23. The smallest absolute Gasteiger partial charge is 0.237 e. The first-order valence-electron chi connectivity index (χ1n) is 8.03. The average molecular weight is 282 g/mol. The Kier molecular flexibility index (Phi) is 6.50. The average Bonchev–Trinajstić information content (AvgIpc) is 2.90. The molecule has 1 saturated carbocycles. The van der Waals surface area contributed by atoms with E-state index in [-0.39, 0.29) is 17.9 Å². The molecule has 0 spiro atoms. The number of amides is 2. The Bertz CT molecular complexity index is 327. The van der Waals surface area contributed by atoms with E-state index >= 15 is 0 Å². The summed E-state index contributed by atoms with van der Waals surface area (Å²) in [6, 6.07) is 0.264. The molecule has 116 valence electrons. The fourth-order valence-corrected chi connectivity index (χ4v) is 2.78. The van der Waals surface area contributed by atoms with Gasteiger partial charge >= 0.3 is 0 Å². The van der Waals surface area contributed by atoms with Gasteiger partial charge in [0.15, 0.2) is 0 Å². The second kappa shape index (κ2) is 7.65. The van der Waals surface area contributed by atoms with Crippen LogP contribution in [-0.4, -0.2) is 35.8 Å². The Hall–Kier alpha value is -1.06. The number of carbonyl (C=O) groups is 2. The molecular weight excluding hydrogens is 252 g/mol. The summed E-state index contributed by atoms with van der Waals surface area (Å²) in [7, 11) is 0. The van der Waals surface area contributed by atoms with Gasteiger partial charge in [0, 0.05) is 19.1 Å². The number of hydrogen-bond acceptors (Lipinski definition) is 2. The van der Waals surface area contributed by atoms with E-state index in [0.29, 0.717) is 0 Å². The zero-order valence-electron chi connectivity index (χ0n) is 13.5. The van der Waals surface area contributed by atoms with Crippen LogP contribution in [0.5, 0.6) is 0 Å². The standard InChI is InChI=1S/C16H30N2O2/c1-5-11-18(12-6-2)15(20)16(3,4)14(19)17-13-9-7-8-10-13/h13H,5-12H2,1-4H3,(H,17,19). The van der Waals surface area contributed by atoms with Crippen LogP contribution in [0.4, 0.5) is 0 Å². The van der Waals surface area contributed by atoms with Gasteiger partial charge in [0.2, 0.25) is 11.8 Å². The number of carbonyl (C=O) groups excluding carboxylic acids is 2. The van der Waals surface area contributed by atoms with Gasteiger partial charge in [-0.1, -0.05) is 26.7 Å². The summed E-state index contributed by atoms with van der Waals surface area (Å²) < 4.78 is 0. The van der Waals surface area contributed by atoms with Gasteiger partial charge in [-0.3, -0.25) is 9.59 Å². The Morgan fingerprint density at radius 1 is 1.10 bits per heavy atom. The van der Waals surface area contributed by atoms with Crippen molar-refractivity contribution < 1.29 is 9.59 Å². The van der Waals surface area contributed by atoms with Crippen LogP contribution in [0.2, 0.25) is 0 Å². The first-order valence-corrected chi connectivity index (χ1v) is 8.03. The van der Waals surface area contributed by atoms with Crippen molar-refractivity contribution in [3.8, 4) is 0 Å². The minimum atomic E-state index is -0.965. The molecule has 0 unspecified atom stereocenters. The van der Waals surface area contributed by atoms with Crippen molar-refractivity contribution in [1.29, 1.82) is 0 Å². The zero-order valence-corrected chi connectivity index (χ0v) is 13.5. The van der Waals surface area contributed by atoms with Crippen LogP contribution in [-0.2, 0) is 9.59 Å². The molecule has 1 N–H and O–H groups in total. The molecule has 4 heteroatoms. The molecule has 0 aromatic carbocycles. The van der Waals surface area contributed by atoms with Crippen molar-refractivity contribution in [3.05, 3.63) is 0 Å². The van der Waals surface area contributed by atoms with E-state index in [4.69, 9.17) is 0 Å². The molecule has 0 heterocycles. The Morgan fingerprint density at radius 3 is 2.05 bits per heavy atom. The molecule has 0 bridgehead atoms. The molecule has 0 aliphatic heterocycles. The highest BCUT2D eigenvalue weighted by molar-refractivity contribution is 6.04. The third kappa shape index (κ3) is 4.22. The van der Waals surface area contributed by atoms with Crippen LogP contribution in [0.15, 0.2) is 0 Å². The highest BCUT2D eigenvalue weighted by atomic mass is 16.2. The lowest BCUT2D eigenvalue weighted by molar-refractivity contribution is -0.148. The maximum atomic E-state index is 12.6. The van der Waals surface area contributed by atoms with Gasteiger partial charge in [-0.05, 0) is 39.5 Å². The minimum Gasteiger partial charge on any atom is -0.352 e. The lowest BCUT2D eigenvalue weighted by Gasteiger charge is -2.31. The molecule has 0 radical (unpaired) electrons. The van der Waals surface area contributed by atoms with E-state index in [1.165, 1.54) is 12.8 Å². The van der Waals surface area contributed by atoms with Crippen molar-refractivity contribution >= 4 is 11.8 Å². The third-order valence-corrected chi connectivity index (χ3v) is 4.07. The molecule has 0 atom stereocenters. The van der Waals surface area contributed by atoms with Crippen LogP contribution >= 0.6 is 0 Å². The normalized spacial score (nSPS) is 16.2. The largest absolute Gasteiger partial charge is 0.352 e. The summed E-state index contributed by atoms with van der Waals surface area (Å²) >= 11 is 0. The molecule has 20 heavy (non-hydrogen) atoms. The van der Waals surface area contributed by atoms with Crippen molar-refractivity contribution in [2.45, 2.75) is 72.3 Å². The van der Waals surface area contributed by atoms with Gasteiger partial charge in [-0.2, -0.15) is 0 Å². The van der Waals surface area contributed by atoms with E-state index < -0.39 is 5.41 Å². The molecule has 1 aliphatic rings. The zero-order chi connectivity index (χ0) is 15.2. The molecule has 0 aromatic rings. The molecule has 0 saturated heterocycles. The molecule has 1 rings (SSSR count). The maximum absolute atomic E-state index is 12.6. The third-order valence-electron chi connectivity index (χ3n) is 4.07. The number of nitrogens with one attached hydrogen (secondary N) is 1. The van der Waals surface area contributed by atoms with E-state index in [2.05, 4.69) is 19.2 Å². The molecule has 1 aliphatic carbocycles. The minimum absolute atomic E-state index is 0.0447. The predicted molar refractivity (Wildman–Crippen MR) is 81.3 cm³/mol. The van der Waals surface area contributed by atoms with E-state index in [1.54, 1.807) is 13.8 Å². The summed E-state index contributed by atoms with van der Waals surface area (Å²) in [5, 5.41) is 3.05. The topological polar surface area (TPSA) is 49.4 Å². The Morgan fingerprint density at radius 2 is 1.60 bits per heavy atom. The van der Waals surface area contributed by atoms with E-state index in [9.17, 15) is 9.59 Å². The van der Waals surface area contributed by atoms with Gasteiger partial charge in [0.25, 0.3) is 0 Å². The summed E-state index contributed by atoms with van der Waals surface area (Å²) in [4.78, 5) is 26.9. The molecule has 1 fully saturated rings. The lowest BCUT2D eigenvalue weighted by atomic mass is 9.89. The van der Waals surface area contributed by atoms with Crippen molar-refractivity contribution in [2.24, 2.45) is 5.41 Å². The first kappa shape index (κ1) is 17.0. The van der Waals surface area contributed by atoms with Gasteiger partial charge in [0.05, 0.1) is 0 Å². The fourth-order valence-electron chi connectivity index (χ4n) is 2.78. The van der Waals surface area contributed by atoms with Crippen LogP contribution in [0.25, 0.3) is 0 Å². The number of rotatable bonds is 7. The predicted octanol–water partition coefficient (Wildman–Crippen LogP) is 2.72. The summed E-state index contributed by atoms with van der Waals surface area (Å²) in [5.74, 6) is -0.164. The lowest BCUT2D eigenvalue weighted by Crippen LogP contribution is -2.51. The number of hydrogen-bond donors (Lipinski definition) is 1. The second-order valence-electron chi connectivity index (χ2n) is 6.37. The Balaban J connectivity index is 2.67. The Labute approximate surface area is 123 Å². The van der Waals surface area contributed by atoms with Gasteiger partial charge in [-0.15, -0.1) is 0 Å². The molecular formula is C16H30N2O2.